The van der Waals surface area contributed by atoms with Gasteiger partial charge in [0.1, 0.15) is 5.70 Å². The number of Topliss-reactive ketones (excluding diaryl/α,β-unsaturated/α-hetero) is 1. The highest BCUT2D eigenvalue weighted by Gasteiger charge is 2.10. The molecule has 0 heterocycles. The van der Waals surface area contributed by atoms with Crippen molar-refractivity contribution in [2.75, 3.05) is 0 Å². The van der Waals surface area contributed by atoms with Crippen LogP contribution in [0, 0.1) is 5.92 Å². The lowest BCUT2D eigenvalue weighted by molar-refractivity contribution is -0.118. The maximum atomic E-state index is 11.4. The van der Waals surface area contributed by atoms with Crippen LogP contribution in [0.2, 0.25) is 0 Å². The van der Waals surface area contributed by atoms with Crippen LogP contribution in [0.25, 0.3) is 0 Å². The summed E-state index contributed by atoms with van der Waals surface area (Å²) in [6, 6.07) is 0. The summed E-state index contributed by atoms with van der Waals surface area (Å²) in [7, 11) is 0. The topological polar surface area (TPSA) is 29.4 Å². The number of rotatable bonds is 4. The van der Waals surface area contributed by atoms with Crippen LogP contribution >= 0.6 is 0 Å². The summed E-state index contributed by atoms with van der Waals surface area (Å²) in [5.41, 5.74) is 0.505. The van der Waals surface area contributed by atoms with Crippen molar-refractivity contribution in [1.82, 2.24) is 0 Å². The molecule has 0 rings (SSSR count). The summed E-state index contributed by atoms with van der Waals surface area (Å²) in [6.45, 7) is 9.00. The van der Waals surface area contributed by atoms with Crippen molar-refractivity contribution in [3.05, 3.63) is 24.4 Å². The molecule has 0 amide bonds. The van der Waals surface area contributed by atoms with Gasteiger partial charge in [-0.25, -0.2) is 0 Å². The van der Waals surface area contributed by atoms with Crippen LogP contribution in [0.15, 0.2) is 29.4 Å². The molecule has 2 heteroatoms. The molecule has 0 aliphatic heterocycles. The average molecular weight is 165 g/mol. The Bertz CT molecular complexity index is 224. The van der Waals surface area contributed by atoms with Crippen molar-refractivity contribution in [1.29, 1.82) is 0 Å². The molecule has 66 valence electrons. The Morgan fingerprint density at radius 1 is 1.50 bits per heavy atom. The van der Waals surface area contributed by atoms with Crippen molar-refractivity contribution < 1.29 is 4.79 Å². The van der Waals surface area contributed by atoms with Crippen LogP contribution in [0.4, 0.5) is 0 Å². The van der Waals surface area contributed by atoms with E-state index in [1.54, 1.807) is 19.1 Å². The third-order valence-corrected chi connectivity index (χ3v) is 1.37. The monoisotopic (exact) mass is 165 g/mol. The van der Waals surface area contributed by atoms with E-state index in [0.717, 1.165) is 0 Å². The maximum Gasteiger partial charge on any atom is 0.183 e. The largest absolute Gasteiger partial charge is 0.292 e. The molecule has 0 aromatic heterocycles. The van der Waals surface area contributed by atoms with Gasteiger partial charge in [-0.1, -0.05) is 32.6 Å². The van der Waals surface area contributed by atoms with Gasteiger partial charge in [0, 0.05) is 12.1 Å². The van der Waals surface area contributed by atoms with Gasteiger partial charge >= 0.3 is 0 Å². The normalized spacial score (nSPS) is 12.5. The number of hydrogen-bond donors (Lipinski definition) is 0. The third kappa shape index (κ3) is 3.28. The number of nitrogens with zero attached hydrogens (tertiary/aromatic N) is 1. The molecule has 0 spiro atoms. The van der Waals surface area contributed by atoms with Crippen LogP contribution < -0.4 is 0 Å². The number of carbonyl (C=O) groups is 1. The van der Waals surface area contributed by atoms with Crippen LogP contribution in [-0.4, -0.2) is 12.0 Å². The molecule has 2 nitrogen and oxygen atoms in total. The smallest absolute Gasteiger partial charge is 0.183 e. The second-order valence-electron chi connectivity index (χ2n) is 2.71. The second kappa shape index (κ2) is 5.47. The third-order valence-electron chi connectivity index (χ3n) is 1.37. The van der Waals surface area contributed by atoms with E-state index in [2.05, 4.69) is 11.6 Å². The second-order valence-corrected chi connectivity index (χ2v) is 2.71. The van der Waals surface area contributed by atoms with Crippen LogP contribution in [-0.2, 0) is 4.79 Å². The van der Waals surface area contributed by atoms with Crippen molar-refractivity contribution in [2.24, 2.45) is 10.9 Å². The molecule has 0 unspecified atom stereocenters. The summed E-state index contributed by atoms with van der Waals surface area (Å²) in [5.74, 6) is 0.0637. The molecule has 0 fully saturated rings. The molecular formula is C10H15NO. The van der Waals surface area contributed by atoms with Crippen LogP contribution in [0.5, 0.6) is 0 Å². The van der Waals surface area contributed by atoms with Crippen molar-refractivity contribution >= 4 is 12.0 Å². The Morgan fingerprint density at radius 2 is 2.08 bits per heavy atom. The summed E-state index contributed by atoms with van der Waals surface area (Å²) < 4.78 is 0. The van der Waals surface area contributed by atoms with Gasteiger partial charge in [0.05, 0.1) is 0 Å². The lowest BCUT2D eigenvalue weighted by atomic mass is 10.1. The minimum Gasteiger partial charge on any atom is -0.292 e. The number of allylic oxidation sites excluding steroid dienone is 3. The predicted octanol–water partition coefficient (Wildman–Crippen LogP) is 2.37. The zero-order valence-electron chi connectivity index (χ0n) is 7.87. The van der Waals surface area contributed by atoms with Gasteiger partial charge in [-0.05, 0) is 6.92 Å². The number of hydrogen-bond acceptors (Lipinski definition) is 2. The first kappa shape index (κ1) is 10.8. The molecule has 0 aliphatic carbocycles. The van der Waals surface area contributed by atoms with Crippen LogP contribution in [0.3, 0.4) is 0 Å². The molecule has 0 aromatic rings. The minimum atomic E-state index is -0.00170. The molecule has 12 heavy (non-hydrogen) atoms. The first-order valence-corrected chi connectivity index (χ1v) is 3.99. The summed E-state index contributed by atoms with van der Waals surface area (Å²) >= 11 is 0. The van der Waals surface area contributed by atoms with Gasteiger partial charge in [0.2, 0.25) is 0 Å². The molecule has 0 N–H and O–H groups in total. The molecule has 0 saturated carbocycles. The van der Waals surface area contributed by atoms with E-state index in [0.29, 0.717) is 5.70 Å². The Kier molecular flexibility index (Phi) is 4.93. The minimum absolute atomic E-state index is 0.00170. The van der Waals surface area contributed by atoms with Gasteiger partial charge in [-0.3, -0.25) is 9.79 Å². The maximum absolute atomic E-state index is 11.4. The molecule has 0 radical (unpaired) electrons. The summed E-state index contributed by atoms with van der Waals surface area (Å²) in [4.78, 5) is 15.3. The van der Waals surface area contributed by atoms with Crippen molar-refractivity contribution in [3.8, 4) is 0 Å². The molecule has 0 aromatic carbocycles. The van der Waals surface area contributed by atoms with Gasteiger partial charge in [0.15, 0.2) is 5.78 Å². The Morgan fingerprint density at radius 3 is 2.42 bits per heavy atom. The molecule has 0 atom stereocenters. The van der Waals surface area contributed by atoms with Crippen molar-refractivity contribution in [3.63, 3.8) is 0 Å². The summed E-state index contributed by atoms with van der Waals surface area (Å²) in [6.07, 6.45) is 4.79. The van der Waals surface area contributed by atoms with Gasteiger partial charge in [-0.2, -0.15) is 0 Å². The zero-order chi connectivity index (χ0) is 9.56. The molecular weight excluding hydrogens is 150 g/mol. The SMILES string of the molecule is C=C/C=N\C(=C\C)C(=O)C(C)C. The van der Waals surface area contributed by atoms with E-state index < -0.39 is 0 Å². The lowest BCUT2D eigenvalue weighted by Crippen LogP contribution is -2.08. The van der Waals surface area contributed by atoms with E-state index in [4.69, 9.17) is 0 Å². The highest BCUT2D eigenvalue weighted by molar-refractivity contribution is 5.97. The van der Waals surface area contributed by atoms with E-state index in [-0.39, 0.29) is 11.7 Å². The fourth-order valence-corrected chi connectivity index (χ4v) is 0.709. The number of aliphatic imine (C=N–C) groups is 1. The zero-order valence-corrected chi connectivity index (χ0v) is 7.87. The standard InChI is InChI=1S/C10H15NO/c1-5-7-11-9(6-2)10(12)8(3)4/h5-8H,1H2,2-4H3/b9-6+,11-7-. The molecule has 0 bridgehead atoms. The molecule has 0 aliphatic rings. The van der Waals surface area contributed by atoms with E-state index in [1.165, 1.54) is 6.21 Å². The van der Waals surface area contributed by atoms with Gasteiger partial charge < -0.3 is 0 Å². The first-order valence-electron chi connectivity index (χ1n) is 3.99. The number of carbonyl (C=O) groups excluding carboxylic acids is 1. The Labute approximate surface area is 73.7 Å². The van der Waals surface area contributed by atoms with Gasteiger partial charge in [0.25, 0.3) is 0 Å². The fourth-order valence-electron chi connectivity index (χ4n) is 0.709. The highest BCUT2D eigenvalue weighted by Crippen LogP contribution is 2.06. The number of ketones is 1. The Hall–Kier alpha value is -1.18. The van der Waals surface area contributed by atoms with Crippen molar-refractivity contribution in [2.45, 2.75) is 20.8 Å². The van der Waals surface area contributed by atoms with E-state index in [9.17, 15) is 4.79 Å². The quantitative estimate of drug-likeness (QED) is 0.464. The molecule has 0 saturated heterocycles. The summed E-state index contributed by atoms with van der Waals surface area (Å²) in [5, 5.41) is 0. The first-order chi connectivity index (χ1) is 5.63. The van der Waals surface area contributed by atoms with Crippen LogP contribution in [0.1, 0.15) is 20.8 Å². The highest BCUT2D eigenvalue weighted by atomic mass is 16.1. The lowest BCUT2D eigenvalue weighted by Gasteiger charge is -2.02. The average Bonchev–Trinajstić information content (AvgIpc) is 2.05. The van der Waals surface area contributed by atoms with E-state index >= 15 is 0 Å². The van der Waals surface area contributed by atoms with Gasteiger partial charge in [-0.15, -0.1) is 0 Å². The fraction of sp³-hybridized carbons (Fsp3) is 0.400. The predicted molar refractivity (Wildman–Crippen MR) is 52.3 cm³/mol. The van der Waals surface area contributed by atoms with E-state index in [1.807, 2.05) is 13.8 Å². The Balaban J connectivity index is 4.48.